The molecule has 1 heterocycles. The molecule has 1 fully saturated rings. The zero-order chi connectivity index (χ0) is 12.7. The van der Waals surface area contributed by atoms with Gasteiger partial charge in [0, 0.05) is 25.7 Å². The molecular formula is C13H28N2O2. The van der Waals surface area contributed by atoms with Crippen molar-refractivity contribution in [2.45, 2.75) is 39.3 Å². The molecule has 4 heteroatoms. The van der Waals surface area contributed by atoms with E-state index >= 15 is 0 Å². The lowest BCUT2D eigenvalue weighted by atomic mass is 9.93. The number of nitrogens with one attached hydrogen (secondary N) is 1. The maximum atomic E-state index is 9.81. The fourth-order valence-corrected chi connectivity index (χ4v) is 2.57. The van der Waals surface area contributed by atoms with Gasteiger partial charge in [-0.3, -0.25) is 0 Å². The van der Waals surface area contributed by atoms with Crippen LogP contribution in [0.25, 0.3) is 0 Å². The Morgan fingerprint density at radius 1 is 1.47 bits per heavy atom. The maximum Gasteiger partial charge on any atom is 0.0900 e. The normalized spacial score (nSPS) is 28.2. The second-order valence-corrected chi connectivity index (χ2v) is 5.00. The predicted molar refractivity (Wildman–Crippen MR) is 70.2 cm³/mol. The molecular weight excluding hydrogens is 216 g/mol. The molecule has 102 valence electrons. The molecule has 3 unspecified atom stereocenters. The molecule has 0 radical (unpaired) electrons. The Kier molecular flexibility index (Phi) is 7.04. The molecule has 0 bridgehead atoms. The van der Waals surface area contributed by atoms with Gasteiger partial charge in [-0.25, -0.2) is 0 Å². The van der Waals surface area contributed by atoms with Gasteiger partial charge in [0.05, 0.1) is 12.7 Å². The third kappa shape index (κ3) is 5.34. The second-order valence-electron chi connectivity index (χ2n) is 5.00. The van der Waals surface area contributed by atoms with E-state index in [9.17, 15) is 5.11 Å². The van der Waals surface area contributed by atoms with E-state index in [2.05, 4.69) is 24.1 Å². The molecule has 3 atom stereocenters. The lowest BCUT2D eigenvalue weighted by Gasteiger charge is -2.38. The van der Waals surface area contributed by atoms with Gasteiger partial charge in [-0.15, -0.1) is 0 Å². The highest BCUT2D eigenvalue weighted by Crippen LogP contribution is 2.16. The zero-order valence-electron chi connectivity index (χ0n) is 11.5. The van der Waals surface area contributed by atoms with E-state index in [4.69, 9.17) is 4.74 Å². The lowest BCUT2D eigenvalue weighted by molar-refractivity contribution is 0.0107. The molecule has 1 aliphatic heterocycles. The number of hydrogen-bond acceptors (Lipinski definition) is 4. The number of rotatable bonds is 7. The van der Waals surface area contributed by atoms with Gasteiger partial charge in [-0.05, 0) is 32.4 Å². The standard InChI is InChI=1S/C13H28N2O2/c1-4-14-13-6-7-15(8-11(13)3)9-12(16)10-17-5-2/h11-14,16H,4-10H2,1-3H3. The van der Waals surface area contributed by atoms with Crippen LogP contribution in [0.15, 0.2) is 0 Å². The van der Waals surface area contributed by atoms with Crippen molar-refractivity contribution in [2.24, 2.45) is 5.92 Å². The number of piperidine rings is 1. The number of ether oxygens (including phenoxy) is 1. The molecule has 0 spiro atoms. The van der Waals surface area contributed by atoms with E-state index in [-0.39, 0.29) is 6.10 Å². The van der Waals surface area contributed by atoms with Crippen molar-refractivity contribution >= 4 is 0 Å². The minimum Gasteiger partial charge on any atom is -0.389 e. The van der Waals surface area contributed by atoms with Gasteiger partial charge < -0.3 is 20.1 Å². The summed E-state index contributed by atoms with van der Waals surface area (Å²) in [7, 11) is 0. The monoisotopic (exact) mass is 244 g/mol. The number of aliphatic hydroxyl groups is 1. The van der Waals surface area contributed by atoms with Crippen LogP contribution in [-0.2, 0) is 4.74 Å². The Morgan fingerprint density at radius 2 is 2.24 bits per heavy atom. The van der Waals surface area contributed by atoms with Crippen LogP contribution in [0.5, 0.6) is 0 Å². The zero-order valence-corrected chi connectivity index (χ0v) is 11.5. The van der Waals surface area contributed by atoms with Crippen molar-refractivity contribution in [3.05, 3.63) is 0 Å². The number of β-amino-alcohol motifs (C(OH)–C–C–N with tert-alkyl or cyclic N) is 1. The molecule has 0 aromatic carbocycles. The Labute approximate surface area is 105 Å². The summed E-state index contributed by atoms with van der Waals surface area (Å²) >= 11 is 0. The topological polar surface area (TPSA) is 44.7 Å². The van der Waals surface area contributed by atoms with Crippen molar-refractivity contribution in [3.63, 3.8) is 0 Å². The van der Waals surface area contributed by atoms with E-state index < -0.39 is 0 Å². The number of likely N-dealkylation sites (tertiary alicyclic amines) is 1. The highest BCUT2D eigenvalue weighted by molar-refractivity contribution is 4.83. The smallest absolute Gasteiger partial charge is 0.0900 e. The molecule has 0 amide bonds. The summed E-state index contributed by atoms with van der Waals surface area (Å²) in [6, 6.07) is 0.639. The minimum absolute atomic E-state index is 0.349. The van der Waals surface area contributed by atoms with Gasteiger partial charge in [0.25, 0.3) is 0 Å². The lowest BCUT2D eigenvalue weighted by Crippen LogP contribution is -2.50. The van der Waals surface area contributed by atoms with E-state index in [0.717, 1.165) is 26.2 Å². The van der Waals surface area contributed by atoms with Crippen molar-refractivity contribution in [1.29, 1.82) is 0 Å². The third-order valence-corrected chi connectivity index (χ3v) is 3.44. The summed E-state index contributed by atoms with van der Waals surface area (Å²) in [5.74, 6) is 0.656. The first-order chi connectivity index (χ1) is 8.17. The Morgan fingerprint density at radius 3 is 2.82 bits per heavy atom. The molecule has 0 saturated carbocycles. The summed E-state index contributed by atoms with van der Waals surface area (Å²) in [5.41, 5.74) is 0. The highest BCUT2D eigenvalue weighted by Gasteiger charge is 2.26. The van der Waals surface area contributed by atoms with Crippen molar-refractivity contribution in [2.75, 3.05) is 39.4 Å². The minimum atomic E-state index is -0.349. The Bertz CT molecular complexity index is 200. The van der Waals surface area contributed by atoms with Gasteiger partial charge >= 0.3 is 0 Å². The van der Waals surface area contributed by atoms with Gasteiger partial charge in [0.1, 0.15) is 0 Å². The summed E-state index contributed by atoms with van der Waals surface area (Å²) in [5, 5.41) is 13.3. The van der Waals surface area contributed by atoms with E-state index in [1.165, 1.54) is 6.42 Å². The van der Waals surface area contributed by atoms with Gasteiger partial charge in [-0.1, -0.05) is 13.8 Å². The Hall–Kier alpha value is -0.160. The summed E-state index contributed by atoms with van der Waals surface area (Å²) in [4.78, 5) is 2.35. The number of aliphatic hydroxyl groups excluding tert-OH is 1. The van der Waals surface area contributed by atoms with E-state index in [1.54, 1.807) is 0 Å². The van der Waals surface area contributed by atoms with E-state index in [1.807, 2.05) is 6.92 Å². The fraction of sp³-hybridized carbons (Fsp3) is 1.00. The molecule has 17 heavy (non-hydrogen) atoms. The first kappa shape index (κ1) is 14.9. The molecule has 0 aliphatic carbocycles. The van der Waals surface area contributed by atoms with Crippen LogP contribution in [0.4, 0.5) is 0 Å². The van der Waals surface area contributed by atoms with Crippen LogP contribution in [0.1, 0.15) is 27.2 Å². The number of nitrogens with zero attached hydrogens (tertiary/aromatic N) is 1. The summed E-state index contributed by atoms with van der Waals surface area (Å²) in [6.07, 6.45) is 0.828. The third-order valence-electron chi connectivity index (χ3n) is 3.44. The average Bonchev–Trinajstić information content (AvgIpc) is 2.30. The van der Waals surface area contributed by atoms with Gasteiger partial charge in [0.15, 0.2) is 0 Å². The number of hydrogen-bond donors (Lipinski definition) is 2. The molecule has 4 nitrogen and oxygen atoms in total. The first-order valence-corrected chi connectivity index (χ1v) is 6.88. The first-order valence-electron chi connectivity index (χ1n) is 6.88. The van der Waals surface area contributed by atoms with Crippen molar-refractivity contribution in [1.82, 2.24) is 10.2 Å². The van der Waals surface area contributed by atoms with Crippen LogP contribution in [0.3, 0.4) is 0 Å². The van der Waals surface area contributed by atoms with Crippen LogP contribution >= 0.6 is 0 Å². The SMILES string of the molecule is CCNC1CCN(CC(O)COCC)CC1C. The molecule has 2 N–H and O–H groups in total. The summed E-state index contributed by atoms with van der Waals surface area (Å²) in [6.45, 7) is 11.5. The predicted octanol–water partition coefficient (Wildman–Crippen LogP) is 0.704. The van der Waals surface area contributed by atoms with Crippen LogP contribution in [-0.4, -0.2) is 61.5 Å². The van der Waals surface area contributed by atoms with Crippen molar-refractivity contribution in [3.8, 4) is 0 Å². The molecule has 1 saturated heterocycles. The average molecular weight is 244 g/mol. The molecule has 1 rings (SSSR count). The Balaban J connectivity index is 2.24. The molecule has 0 aromatic rings. The van der Waals surface area contributed by atoms with Gasteiger partial charge in [-0.2, -0.15) is 0 Å². The quantitative estimate of drug-likeness (QED) is 0.692. The largest absolute Gasteiger partial charge is 0.389 e. The van der Waals surface area contributed by atoms with Gasteiger partial charge in [0.2, 0.25) is 0 Å². The fourth-order valence-electron chi connectivity index (χ4n) is 2.57. The van der Waals surface area contributed by atoms with E-state index in [0.29, 0.717) is 25.2 Å². The van der Waals surface area contributed by atoms with Crippen LogP contribution in [0.2, 0.25) is 0 Å². The van der Waals surface area contributed by atoms with Crippen LogP contribution in [0, 0.1) is 5.92 Å². The highest BCUT2D eigenvalue weighted by atomic mass is 16.5. The van der Waals surface area contributed by atoms with Crippen LogP contribution < -0.4 is 5.32 Å². The second kappa shape index (κ2) is 8.03. The molecule has 0 aromatic heterocycles. The summed E-state index contributed by atoms with van der Waals surface area (Å²) < 4.78 is 5.23. The molecule has 1 aliphatic rings. The van der Waals surface area contributed by atoms with Crippen molar-refractivity contribution < 1.29 is 9.84 Å². The maximum absolute atomic E-state index is 9.81.